The quantitative estimate of drug-likeness (QED) is 0.385. The van der Waals surface area contributed by atoms with Gasteiger partial charge in [-0.3, -0.25) is 0 Å². The van der Waals surface area contributed by atoms with Gasteiger partial charge in [0, 0.05) is 10.8 Å². The molecule has 0 aromatic carbocycles. The van der Waals surface area contributed by atoms with E-state index in [0.717, 1.165) is 0 Å². The highest BCUT2D eigenvalue weighted by molar-refractivity contribution is 6.24. The number of hydrogen-bond acceptors (Lipinski definition) is 0. The van der Waals surface area contributed by atoms with Crippen LogP contribution in [0.25, 0.3) is 0 Å². The van der Waals surface area contributed by atoms with Gasteiger partial charge in [-0.1, -0.05) is 25.0 Å². The molecule has 0 spiro atoms. The van der Waals surface area contributed by atoms with E-state index in [-0.39, 0.29) is 0 Å². The molecule has 60 valence electrons. The van der Waals surface area contributed by atoms with Crippen LogP contribution >= 0.6 is 11.6 Å². The second-order valence-corrected chi connectivity index (χ2v) is 4.81. The zero-order chi connectivity index (χ0) is 7.53. The molecule has 3 aliphatic rings. The van der Waals surface area contributed by atoms with Gasteiger partial charge in [0.05, 0.1) is 5.38 Å². The Morgan fingerprint density at radius 3 is 2.91 bits per heavy atom. The van der Waals surface area contributed by atoms with E-state index in [4.69, 9.17) is 11.6 Å². The van der Waals surface area contributed by atoms with E-state index >= 15 is 0 Å². The van der Waals surface area contributed by atoms with E-state index in [2.05, 4.69) is 12.2 Å². The van der Waals surface area contributed by atoms with Gasteiger partial charge in [-0.15, -0.1) is 11.6 Å². The van der Waals surface area contributed by atoms with E-state index < -0.39 is 0 Å². The third-order valence-electron chi connectivity index (χ3n) is 4.14. The predicted octanol–water partition coefficient (Wildman–Crippen LogP) is 3.11. The first-order chi connectivity index (χ1) is 5.32. The molecule has 0 aromatic rings. The van der Waals surface area contributed by atoms with Crippen molar-refractivity contribution in [2.24, 2.45) is 10.8 Å². The Hall–Kier alpha value is 0.0300. The molecule has 2 fully saturated rings. The maximum Gasteiger partial charge on any atom is 0.0500 e. The Bertz CT molecular complexity index is 233. The smallest absolute Gasteiger partial charge is 0.0500 e. The molecule has 0 radical (unpaired) electrons. The summed E-state index contributed by atoms with van der Waals surface area (Å²) in [5, 5.41) is 0.488. The molecule has 0 saturated heterocycles. The molecule has 3 atom stereocenters. The normalized spacial score (nSPS) is 58.8. The third kappa shape index (κ3) is 0.498. The summed E-state index contributed by atoms with van der Waals surface area (Å²) in [6.07, 6.45) is 11.6. The molecular formula is C10H13Cl. The summed E-state index contributed by atoms with van der Waals surface area (Å²) >= 11 is 6.36. The Morgan fingerprint density at radius 2 is 2.09 bits per heavy atom. The fourth-order valence-corrected chi connectivity index (χ4v) is 4.18. The highest BCUT2D eigenvalue weighted by atomic mass is 35.5. The molecule has 0 amide bonds. The van der Waals surface area contributed by atoms with Crippen LogP contribution in [0, 0.1) is 10.8 Å². The molecular weight excluding hydrogens is 156 g/mol. The van der Waals surface area contributed by atoms with Gasteiger partial charge in [0.25, 0.3) is 0 Å². The fourth-order valence-electron chi connectivity index (χ4n) is 3.44. The highest BCUT2D eigenvalue weighted by Crippen LogP contribution is 2.78. The van der Waals surface area contributed by atoms with Gasteiger partial charge in [-0.2, -0.15) is 0 Å². The SMILES string of the molecule is ClC1C23C=CCC12CCCC3. The summed E-state index contributed by atoms with van der Waals surface area (Å²) in [4.78, 5) is 0. The van der Waals surface area contributed by atoms with Crippen molar-refractivity contribution in [2.75, 3.05) is 0 Å². The van der Waals surface area contributed by atoms with Crippen molar-refractivity contribution in [2.45, 2.75) is 37.5 Å². The molecule has 0 nitrogen and oxygen atoms in total. The summed E-state index contributed by atoms with van der Waals surface area (Å²) < 4.78 is 0. The van der Waals surface area contributed by atoms with Gasteiger partial charge >= 0.3 is 0 Å². The first-order valence-corrected chi connectivity index (χ1v) is 5.07. The van der Waals surface area contributed by atoms with Crippen LogP contribution in [0.4, 0.5) is 0 Å². The van der Waals surface area contributed by atoms with Crippen LogP contribution in [0.1, 0.15) is 32.1 Å². The summed E-state index contributed by atoms with van der Waals surface area (Å²) in [7, 11) is 0. The van der Waals surface area contributed by atoms with Gasteiger partial charge in [-0.25, -0.2) is 0 Å². The average molecular weight is 169 g/mol. The van der Waals surface area contributed by atoms with Crippen LogP contribution in [0.3, 0.4) is 0 Å². The van der Waals surface area contributed by atoms with Crippen LogP contribution in [0.5, 0.6) is 0 Å². The molecule has 1 heteroatoms. The van der Waals surface area contributed by atoms with Crippen molar-refractivity contribution in [3.8, 4) is 0 Å². The largest absolute Gasteiger partial charge is 0.121 e. The summed E-state index contributed by atoms with van der Waals surface area (Å²) in [5.41, 5.74) is 1.03. The Morgan fingerprint density at radius 1 is 1.27 bits per heavy atom. The molecule has 0 bridgehead atoms. The monoisotopic (exact) mass is 168 g/mol. The highest BCUT2D eigenvalue weighted by Gasteiger charge is 2.75. The maximum atomic E-state index is 6.36. The standard InChI is InChI=1S/C10H13Cl/c11-8-9-4-1-2-5-10(8,9)7-3-6-9/h3,6,8H,1-2,4-5,7H2. The minimum atomic E-state index is 0.479. The van der Waals surface area contributed by atoms with Gasteiger partial charge in [0.2, 0.25) is 0 Å². The lowest BCUT2D eigenvalue weighted by molar-refractivity contribution is 0.302. The van der Waals surface area contributed by atoms with Crippen LogP contribution < -0.4 is 0 Å². The second kappa shape index (κ2) is 1.69. The number of alkyl halides is 1. The first-order valence-electron chi connectivity index (χ1n) is 4.64. The van der Waals surface area contributed by atoms with Gasteiger partial charge in [-0.05, 0) is 19.3 Å². The summed E-state index contributed by atoms with van der Waals surface area (Å²) in [5.74, 6) is 0. The Kier molecular flexibility index (Phi) is 1.00. The molecule has 0 N–H and O–H groups in total. The molecule has 0 aromatic heterocycles. The maximum absolute atomic E-state index is 6.36. The first kappa shape index (κ1) is 6.54. The Labute approximate surface area is 72.6 Å². The van der Waals surface area contributed by atoms with Crippen molar-refractivity contribution in [1.82, 2.24) is 0 Å². The third-order valence-corrected chi connectivity index (χ3v) is 4.95. The second-order valence-electron chi connectivity index (χ2n) is 4.37. The van der Waals surface area contributed by atoms with Crippen LogP contribution in [0.15, 0.2) is 12.2 Å². The number of rotatable bonds is 0. The van der Waals surface area contributed by atoms with Crippen molar-refractivity contribution in [3.63, 3.8) is 0 Å². The van der Waals surface area contributed by atoms with E-state index in [1.165, 1.54) is 32.1 Å². The molecule has 3 unspecified atom stereocenters. The van der Waals surface area contributed by atoms with Crippen LogP contribution in [-0.4, -0.2) is 5.38 Å². The van der Waals surface area contributed by atoms with E-state index in [1.54, 1.807) is 0 Å². The molecule has 2 saturated carbocycles. The van der Waals surface area contributed by atoms with Gasteiger partial charge < -0.3 is 0 Å². The van der Waals surface area contributed by atoms with Crippen molar-refractivity contribution in [3.05, 3.63) is 12.2 Å². The molecule has 0 aliphatic heterocycles. The number of allylic oxidation sites excluding steroid dienone is 2. The van der Waals surface area contributed by atoms with E-state index in [9.17, 15) is 0 Å². The lowest BCUT2D eigenvalue weighted by Gasteiger charge is -2.22. The number of halogens is 1. The van der Waals surface area contributed by atoms with Crippen LogP contribution in [-0.2, 0) is 0 Å². The zero-order valence-corrected chi connectivity index (χ0v) is 7.40. The van der Waals surface area contributed by atoms with Gasteiger partial charge in [0.15, 0.2) is 0 Å². The average Bonchev–Trinajstić information content (AvgIpc) is 2.44. The Balaban J connectivity index is 2.04. The number of hydrogen-bond donors (Lipinski definition) is 0. The molecule has 3 rings (SSSR count). The zero-order valence-electron chi connectivity index (χ0n) is 6.65. The summed E-state index contributed by atoms with van der Waals surface area (Å²) in [6.45, 7) is 0. The molecule has 11 heavy (non-hydrogen) atoms. The topological polar surface area (TPSA) is 0 Å². The lowest BCUT2D eigenvalue weighted by Crippen LogP contribution is -2.12. The molecule has 0 heterocycles. The van der Waals surface area contributed by atoms with Gasteiger partial charge in [0.1, 0.15) is 0 Å². The summed E-state index contributed by atoms with van der Waals surface area (Å²) in [6, 6.07) is 0. The minimum absolute atomic E-state index is 0.479. The predicted molar refractivity (Wildman–Crippen MR) is 46.7 cm³/mol. The van der Waals surface area contributed by atoms with Crippen molar-refractivity contribution < 1.29 is 0 Å². The minimum Gasteiger partial charge on any atom is -0.121 e. The van der Waals surface area contributed by atoms with Crippen LogP contribution in [0.2, 0.25) is 0 Å². The van der Waals surface area contributed by atoms with E-state index in [0.29, 0.717) is 16.2 Å². The van der Waals surface area contributed by atoms with Crippen molar-refractivity contribution >= 4 is 11.6 Å². The molecule has 3 aliphatic carbocycles. The fraction of sp³-hybridized carbons (Fsp3) is 0.800. The van der Waals surface area contributed by atoms with E-state index in [1.807, 2.05) is 0 Å². The lowest BCUT2D eigenvalue weighted by atomic mass is 9.82. The van der Waals surface area contributed by atoms with Crippen molar-refractivity contribution in [1.29, 1.82) is 0 Å².